The van der Waals surface area contributed by atoms with Crippen LogP contribution in [-0.4, -0.2) is 23.1 Å². The number of benzene rings is 1. The van der Waals surface area contributed by atoms with Gasteiger partial charge in [0.15, 0.2) is 5.78 Å². The van der Waals surface area contributed by atoms with Crippen molar-refractivity contribution in [3.05, 3.63) is 51.3 Å². The van der Waals surface area contributed by atoms with Crippen LogP contribution in [-0.2, 0) is 9.53 Å². The first-order chi connectivity index (χ1) is 9.38. The molecule has 0 bridgehead atoms. The minimum Gasteiger partial charge on any atom is -0.501 e. The Bertz CT molecular complexity index is 589. The minimum atomic E-state index is -0.711. The number of rotatable bonds is 6. The molecule has 0 saturated carbocycles. The Morgan fingerprint density at radius 3 is 2.55 bits per heavy atom. The van der Waals surface area contributed by atoms with Crippen LogP contribution in [0.15, 0.2) is 30.0 Å². The van der Waals surface area contributed by atoms with Crippen molar-refractivity contribution in [1.29, 1.82) is 0 Å². The number of hydrogen-bond donors (Lipinski definition) is 0. The lowest BCUT2D eigenvalue weighted by molar-refractivity contribution is -0.385. The van der Waals surface area contributed by atoms with Crippen LogP contribution in [0, 0.1) is 17.0 Å². The van der Waals surface area contributed by atoms with Crippen LogP contribution in [0.1, 0.15) is 29.8 Å². The summed E-state index contributed by atoms with van der Waals surface area (Å²) in [7, 11) is 0. The Hall–Kier alpha value is -2.50. The third-order valence-corrected chi connectivity index (χ3v) is 2.59. The molecule has 6 nitrogen and oxygen atoms in total. The van der Waals surface area contributed by atoms with E-state index in [9.17, 15) is 19.7 Å². The number of aryl methyl sites for hydroxylation is 1. The molecule has 0 aliphatic rings. The van der Waals surface area contributed by atoms with Gasteiger partial charge in [-0.25, -0.2) is 0 Å². The zero-order chi connectivity index (χ0) is 15.3. The molecule has 0 heterocycles. The number of hydrogen-bond acceptors (Lipinski definition) is 5. The van der Waals surface area contributed by atoms with E-state index in [1.54, 1.807) is 19.9 Å². The van der Waals surface area contributed by atoms with Gasteiger partial charge in [0.25, 0.3) is 5.69 Å². The molecule has 0 aliphatic heterocycles. The van der Waals surface area contributed by atoms with Crippen molar-refractivity contribution in [3.63, 3.8) is 0 Å². The van der Waals surface area contributed by atoms with E-state index in [-0.39, 0.29) is 16.8 Å². The van der Waals surface area contributed by atoms with Crippen molar-refractivity contribution in [1.82, 2.24) is 0 Å². The second kappa shape index (κ2) is 6.60. The van der Waals surface area contributed by atoms with Crippen molar-refractivity contribution >= 4 is 17.3 Å². The van der Waals surface area contributed by atoms with E-state index >= 15 is 0 Å². The summed E-state index contributed by atoms with van der Waals surface area (Å²) >= 11 is 0. The fraction of sp³-hybridized carbons (Fsp3) is 0.286. The Labute approximate surface area is 116 Å². The Morgan fingerprint density at radius 2 is 2.05 bits per heavy atom. The number of nitro groups is 1. The maximum atomic E-state index is 12.3. The van der Waals surface area contributed by atoms with E-state index in [0.717, 1.165) is 6.26 Å². The van der Waals surface area contributed by atoms with E-state index in [0.29, 0.717) is 12.2 Å². The highest BCUT2D eigenvalue weighted by molar-refractivity contribution is 6.26. The second-order valence-electron chi connectivity index (χ2n) is 4.15. The lowest BCUT2D eigenvalue weighted by Crippen LogP contribution is -2.13. The average Bonchev–Trinajstić information content (AvgIpc) is 2.38. The Kier molecular flexibility index (Phi) is 5.14. The normalized spacial score (nSPS) is 11.1. The number of ether oxygens (including phenoxy) is 1. The molecule has 0 unspecified atom stereocenters. The van der Waals surface area contributed by atoms with Gasteiger partial charge >= 0.3 is 0 Å². The molecular formula is C14H15NO5. The summed E-state index contributed by atoms with van der Waals surface area (Å²) in [4.78, 5) is 34.1. The highest BCUT2D eigenvalue weighted by Crippen LogP contribution is 2.23. The molecule has 0 aliphatic carbocycles. The molecule has 0 atom stereocenters. The third kappa shape index (κ3) is 3.50. The number of Topliss-reactive ketones (excluding diaryl/α,β-unsaturated/α-hetero) is 2. The largest absolute Gasteiger partial charge is 0.501 e. The van der Waals surface area contributed by atoms with Crippen LogP contribution in [0.4, 0.5) is 5.69 Å². The van der Waals surface area contributed by atoms with E-state index < -0.39 is 16.5 Å². The molecular weight excluding hydrogens is 262 g/mol. The van der Waals surface area contributed by atoms with Crippen molar-refractivity contribution in [3.8, 4) is 0 Å². The fourth-order valence-corrected chi connectivity index (χ4v) is 1.59. The van der Waals surface area contributed by atoms with Crippen LogP contribution in [0.5, 0.6) is 0 Å². The quantitative estimate of drug-likeness (QED) is 0.152. The van der Waals surface area contributed by atoms with Crippen LogP contribution in [0.2, 0.25) is 0 Å². The van der Waals surface area contributed by atoms with Crippen LogP contribution < -0.4 is 0 Å². The van der Waals surface area contributed by atoms with Gasteiger partial charge in [0.05, 0.1) is 23.4 Å². The first-order valence-electron chi connectivity index (χ1n) is 6.01. The summed E-state index contributed by atoms with van der Waals surface area (Å²) in [5.41, 5.74) is 0.00520. The number of carbonyl (C=O) groups is 2. The Balaban J connectivity index is 3.32. The first kappa shape index (κ1) is 15.6. The molecule has 0 aromatic heterocycles. The summed E-state index contributed by atoms with van der Waals surface area (Å²) in [5, 5.41) is 11.0. The van der Waals surface area contributed by atoms with E-state index in [1.807, 2.05) is 0 Å². The molecule has 0 amide bonds. The molecule has 6 heteroatoms. The zero-order valence-electron chi connectivity index (χ0n) is 11.5. The van der Waals surface area contributed by atoms with Gasteiger partial charge in [-0.15, -0.1) is 0 Å². The van der Waals surface area contributed by atoms with Gasteiger partial charge in [-0.3, -0.25) is 19.7 Å². The minimum absolute atomic E-state index is 0.123. The summed E-state index contributed by atoms with van der Waals surface area (Å²) < 4.78 is 4.95. The van der Waals surface area contributed by atoms with Gasteiger partial charge in [0.2, 0.25) is 5.78 Å². The number of ketones is 2. The van der Waals surface area contributed by atoms with Crippen molar-refractivity contribution in [2.45, 2.75) is 20.8 Å². The molecule has 0 N–H and O–H groups in total. The smallest absolute Gasteiger partial charge is 0.280 e. The zero-order valence-corrected chi connectivity index (χ0v) is 11.5. The van der Waals surface area contributed by atoms with Gasteiger partial charge in [-0.05, 0) is 32.4 Å². The van der Waals surface area contributed by atoms with E-state index in [4.69, 9.17) is 4.74 Å². The highest BCUT2D eigenvalue weighted by Gasteiger charge is 2.25. The maximum Gasteiger partial charge on any atom is 0.280 e. The van der Waals surface area contributed by atoms with Gasteiger partial charge in [-0.2, -0.15) is 0 Å². The standard InChI is InChI=1S/C14H15NO5/c1-4-20-8-12(10(3)16)14(17)11-6-5-9(2)7-13(11)15(18)19/h5-8H,4H2,1-3H3. The molecule has 0 fully saturated rings. The van der Waals surface area contributed by atoms with Gasteiger partial charge in [0.1, 0.15) is 5.56 Å². The number of carbonyl (C=O) groups excluding carboxylic acids is 2. The molecule has 0 saturated heterocycles. The lowest BCUT2D eigenvalue weighted by atomic mass is 9.99. The molecule has 20 heavy (non-hydrogen) atoms. The van der Waals surface area contributed by atoms with E-state index in [1.165, 1.54) is 19.1 Å². The van der Waals surface area contributed by atoms with Gasteiger partial charge < -0.3 is 4.74 Å². The van der Waals surface area contributed by atoms with Crippen molar-refractivity contribution in [2.24, 2.45) is 0 Å². The fourth-order valence-electron chi connectivity index (χ4n) is 1.59. The van der Waals surface area contributed by atoms with E-state index in [2.05, 4.69) is 0 Å². The lowest BCUT2D eigenvalue weighted by Gasteiger charge is -2.05. The molecule has 1 aromatic carbocycles. The number of nitrogens with zero attached hydrogens (tertiary/aromatic N) is 1. The van der Waals surface area contributed by atoms with Gasteiger partial charge in [0, 0.05) is 6.07 Å². The van der Waals surface area contributed by atoms with Crippen molar-refractivity contribution in [2.75, 3.05) is 6.61 Å². The topological polar surface area (TPSA) is 86.5 Å². The average molecular weight is 277 g/mol. The SMILES string of the molecule is CCOC=C(C(C)=O)C(=O)c1ccc(C)cc1[N+](=O)[O-]. The molecule has 0 spiro atoms. The van der Waals surface area contributed by atoms with Crippen molar-refractivity contribution < 1.29 is 19.2 Å². The predicted molar refractivity (Wildman–Crippen MR) is 72.6 cm³/mol. The third-order valence-electron chi connectivity index (χ3n) is 2.59. The molecule has 1 rings (SSSR count). The summed E-state index contributed by atoms with van der Waals surface area (Å²) in [5.74, 6) is -1.21. The summed E-state index contributed by atoms with van der Waals surface area (Å²) in [6.07, 6.45) is 1.05. The van der Waals surface area contributed by atoms with Crippen LogP contribution in [0.25, 0.3) is 0 Å². The first-order valence-corrected chi connectivity index (χ1v) is 6.01. The Morgan fingerprint density at radius 1 is 1.40 bits per heavy atom. The summed E-state index contributed by atoms with van der Waals surface area (Å²) in [6.45, 7) is 4.89. The highest BCUT2D eigenvalue weighted by atomic mass is 16.6. The molecule has 1 aromatic rings. The molecule has 0 radical (unpaired) electrons. The number of nitro benzene ring substituents is 1. The second-order valence-corrected chi connectivity index (χ2v) is 4.15. The summed E-state index contributed by atoms with van der Waals surface area (Å²) in [6, 6.07) is 4.23. The maximum absolute atomic E-state index is 12.3. The predicted octanol–water partition coefficient (Wildman–Crippen LogP) is 2.60. The number of allylic oxidation sites excluding steroid dienone is 1. The van der Waals surface area contributed by atoms with Gasteiger partial charge in [-0.1, -0.05) is 6.07 Å². The van der Waals surface area contributed by atoms with Crippen LogP contribution >= 0.6 is 0 Å². The molecule has 106 valence electrons. The van der Waals surface area contributed by atoms with Crippen LogP contribution in [0.3, 0.4) is 0 Å². The monoisotopic (exact) mass is 277 g/mol.